The molecule has 92 valence electrons. The van der Waals surface area contributed by atoms with Gasteiger partial charge < -0.3 is 15.2 Å². The molecule has 2 N–H and O–H groups in total. The fourth-order valence-electron chi connectivity index (χ4n) is 1.94. The Balaban J connectivity index is 1.90. The Kier molecular flexibility index (Phi) is 3.97. The predicted molar refractivity (Wildman–Crippen MR) is 71.4 cm³/mol. The average Bonchev–Trinajstić information content (AvgIpc) is 2.73. The van der Waals surface area contributed by atoms with E-state index in [1.165, 1.54) is 0 Å². The Labute approximate surface area is 107 Å². The van der Waals surface area contributed by atoms with Gasteiger partial charge in [0.25, 0.3) is 0 Å². The van der Waals surface area contributed by atoms with E-state index in [9.17, 15) is 0 Å². The Morgan fingerprint density at radius 3 is 3.00 bits per heavy atom. The Bertz CT molecular complexity index is 408. The summed E-state index contributed by atoms with van der Waals surface area (Å²) < 4.78 is 11.4. The zero-order valence-corrected chi connectivity index (χ0v) is 10.7. The molecular weight excluding hydrogens is 234 g/mol. The summed E-state index contributed by atoms with van der Waals surface area (Å²) in [6.07, 6.45) is 2.74. The number of nitrogens with two attached hydrogens (primary N) is 1. The molecular formula is C13H17NO2S. The van der Waals surface area contributed by atoms with Gasteiger partial charge in [0.2, 0.25) is 0 Å². The third-order valence-electron chi connectivity index (χ3n) is 2.87. The lowest BCUT2D eigenvalue weighted by molar-refractivity contribution is 0.0264. The molecule has 2 atom stereocenters. The van der Waals surface area contributed by atoms with Crippen molar-refractivity contribution in [2.45, 2.75) is 32.0 Å². The maximum absolute atomic E-state index is 5.69. The Hall–Kier alpha value is -1.13. The molecule has 0 spiro atoms. The van der Waals surface area contributed by atoms with Crippen molar-refractivity contribution in [3.8, 4) is 5.75 Å². The van der Waals surface area contributed by atoms with Crippen LogP contribution in [-0.2, 0) is 4.74 Å². The molecule has 1 aliphatic rings. The van der Waals surface area contributed by atoms with Crippen molar-refractivity contribution in [1.29, 1.82) is 0 Å². The molecule has 0 aliphatic carbocycles. The lowest BCUT2D eigenvalue weighted by Gasteiger charge is -2.13. The second kappa shape index (κ2) is 5.47. The summed E-state index contributed by atoms with van der Waals surface area (Å²) in [5, 5.41) is 0. The van der Waals surface area contributed by atoms with Gasteiger partial charge in [0.05, 0.1) is 12.2 Å². The Morgan fingerprint density at radius 2 is 2.35 bits per heavy atom. The van der Waals surface area contributed by atoms with Crippen molar-refractivity contribution < 1.29 is 9.47 Å². The molecule has 1 heterocycles. The van der Waals surface area contributed by atoms with Crippen LogP contribution >= 0.6 is 12.2 Å². The smallest absolute Gasteiger partial charge is 0.120 e. The average molecular weight is 251 g/mol. The highest BCUT2D eigenvalue weighted by Gasteiger charge is 2.22. The van der Waals surface area contributed by atoms with Crippen LogP contribution in [0, 0.1) is 0 Å². The van der Waals surface area contributed by atoms with Crippen LogP contribution in [0.1, 0.15) is 25.3 Å². The highest BCUT2D eigenvalue weighted by atomic mass is 32.1. The van der Waals surface area contributed by atoms with Crippen LogP contribution < -0.4 is 10.5 Å². The van der Waals surface area contributed by atoms with Crippen LogP contribution in [0.5, 0.6) is 5.75 Å². The topological polar surface area (TPSA) is 44.5 Å². The molecule has 0 radical (unpaired) electrons. The van der Waals surface area contributed by atoms with Crippen molar-refractivity contribution in [3.05, 3.63) is 29.8 Å². The summed E-state index contributed by atoms with van der Waals surface area (Å²) in [6.45, 7) is 2.68. The van der Waals surface area contributed by atoms with E-state index in [2.05, 4.69) is 6.92 Å². The molecule has 3 nitrogen and oxygen atoms in total. The maximum atomic E-state index is 5.69. The van der Waals surface area contributed by atoms with Gasteiger partial charge in [0.1, 0.15) is 17.3 Å². The van der Waals surface area contributed by atoms with Crippen molar-refractivity contribution >= 4 is 17.2 Å². The lowest BCUT2D eigenvalue weighted by atomic mass is 10.2. The molecule has 0 bridgehead atoms. The van der Waals surface area contributed by atoms with Crippen molar-refractivity contribution in [2.75, 3.05) is 6.61 Å². The fourth-order valence-corrected chi connectivity index (χ4v) is 2.06. The molecule has 1 aromatic rings. The first-order valence-corrected chi connectivity index (χ1v) is 6.24. The number of hydrogen-bond donors (Lipinski definition) is 1. The zero-order valence-electron chi connectivity index (χ0n) is 9.89. The summed E-state index contributed by atoms with van der Waals surface area (Å²) in [6, 6.07) is 7.53. The maximum Gasteiger partial charge on any atom is 0.120 e. The van der Waals surface area contributed by atoms with E-state index < -0.39 is 0 Å². The van der Waals surface area contributed by atoms with Crippen LogP contribution in [0.15, 0.2) is 24.3 Å². The number of benzene rings is 1. The van der Waals surface area contributed by atoms with Crippen LogP contribution in [0.3, 0.4) is 0 Å². The minimum absolute atomic E-state index is 0.207. The van der Waals surface area contributed by atoms with Crippen LogP contribution in [0.4, 0.5) is 0 Å². The number of thiocarbonyl (C=S) groups is 1. The van der Waals surface area contributed by atoms with E-state index in [-0.39, 0.29) is 6.10 Å². The second-order valence-electron chi connectivity index (χ2n) is 4.35. The third-order valence-corrected chi connectivity index (χ3v) is 3.11. The molecule has 2 unspecified atom stereocenters. The summed E-state index contributed by atoms with van der Waals surface area (Å²) in [7, 11) is 0. The van der Waals surface area contributed by atoms with Gasteiger partial charge in [-0.1, -0.05) is 24.4 Å². The fraction of sp³-hybridized carbons (Fsp3) is 0.462. The molecule has 0 aromatic heterocycles. The lowest BCUT2D eigenvalue weighted by Crippen LogP contribution is -2.18. The highest BCUT2D eigenvalue weighted by molar-refractivity contribution is 7.80. The summed E-state index contributed by atoms with van der Waals surface area (Å²) in [5.74, 6) is 0.790. The first-order valence-electron chi connectivity index (χ1n) is 5.83. The van der Waals surface area contributed by atoms with Crippen molar-refractivity contribution in [1.82, 2.24) is 0 Å². The van der Waals surface area contributed by atoms with E-state index in [1.54, 1.807) is 0 Å². The number of hydrogen-bond acceptors (Lipinski definition) is 3. The van der Waals surface area contributed by atoms with Gasteiger partial charge in [-0.25, -0.2) is 0 Å². The normalized spacial score (nSPS) is 23.6. The minimum atomic E-state index is 0.207. The molecule has 1 fully saturated rings. The summed E-state index contributed by atoms with van der Waals surface area (Å²) >= 11 is 4.93. The van der Waals surface area contributed by atoms with E-state index in [1.807, 2.05) is 24.3 Å². The quantitative estimate of drug-likeness (QED) is 0.834. The molecule has 2 rings (SSSR count). The second-order valence-corrected chi connectivity index (χ2v) is 4.79. The van der Waals surface area contributed by atoms with E-state index in [0.29, 0.717) is 17.7 Å². The summed E-state index contributed by atoms with van der Waals surface area (Å²) in [5.41, 5.74) is 6.40. The SMILES string of the molecule is CC1CCC(COc2cccc(C(N)=S)c2)O1. The number of ether oxygens (including phenoxy) is 2. The van der Waals surface area contributed by atoms with Crippen molar-refractivity contribution in [2.24, 2.45) is 5.73 Å². The minimum Gasteiger partial charge on any atom is -0.491 e. The molecule has 0 saturated carbocycles. The van der Waals surface area contributed by atoms with E-state index in [0.717, 1.165) is 24.2 Å². The van der Waals surface area contributed by atoms with E-state index in [4.69, 9.17) is 27.4 Å². The largest absolute Gasteiger partial charge is 0.491 e. The predicted octanol–water partition coefficient (Wildman–Crippen LogP) is 2.27. The third kappa shape index (κ3) is 3.41. The monoisotopic (exact) mass is 251 g/mol. The Morgan fingerprint density at radius 1 is 1.53 bits per heavy atom. The van der Waals surface area contributed by atoms with Gasteiger partial charge >= 0.3 is 0 Å². The summed E-state index contributed by atoms with van der Waals surface area (Å²) in [4.78, 5) is 0.390. The first kappa shape index (κ1) is 12.3. The molecule has 0 amide bonds. The first-order chi connectivity index (χ1) is 8.15. The van der Waals surface area contributed by atoms with Gasteiger partial charge in [-0.3, -0.25) is 0 Å². The van der Waals surface area contributed by atoms with Gasteiger partial charge in [-0.05, 0) is 31.9 Å². The van der Waals surface area contributed by atoms with Gasteiger partial charge in [0, 0.05) is 5.56 Å². The molecule has 4 heteroatoms. The highest BCUT2D eigenvalue weighted by Crippen LogP contribution is 2.21. The zero-order chi connectivity index (χ0) is 12.3. The van der Waals surface area contributed by atoms with Gasteiger partial charge in [-0.2, -0.15) is 0 Å². The van der Waals surface area contributed by atoms with Gasteiger partial charge in [-0.15, -0.1) is 0 Å². The molecule has 1 aromatic carbocycles. The molecule has 1 saturated heterocycles. The van der Waals surface area contributed by atoms with Crippen LogP contribution in [0.25, 0.3) is 0 Å². The molecule has 1 aliphatic heterocycles. The van der Waals surface area contributed by atoms with E-state index >= 15 is 0 Å². The van der Waals surface area contributed by atoms with Crippen molar-refractivity contribution in [3.63, 3.8) is 0 Å². The van der Waals surface area contributed by atoms with Crippen LogP contribution in [0.2, 0.25) is 0 Å². The number of rotatable bonds is 4. The van der Waals surface area contributed by atoms with Crippen LogP contribution in [-0.4, -0.2) is 23.8 Å². The standard InChI is InChI=1S/C13H17NO2S/c1-9-5-6-12(16-9)8-15-11-4-2-3-10(7-11)13(14)17/h2-4,7,9,12H,5-6,8H2,1H3,(H2,14,17). The van der Waals surface area contributed by atoms with Gasteiger partial charge in [0.15, 0.2) is 0 Å². The molecule has 17 heavy (non-hydrogen) atoms.